The van der Waals surface area contributed by atoms with Crippen LogP contribution in [0.1, 0.15) is 24.4 Å². The van der Waals surface area contributed by atoms with E-state index < -0.39 is 10.0 Å². The summed E-state index contributed by atoms with van der Waals surface area (Å²) in [6.07, 6.45) is 2.52. The summed E-state index contributed by atoms with van der Waals surface area (Å²) in [5, 5.41) is 15.1. The van der Waals surface area contributed by atoms with Crippen LogP contribution in [0.5, 0.6) is 0 Å². The topological polar surface area (TPSA) is 111 Å². The van der Waals surface area contributed by atoms with Crippen molar-refractivity contribution in [1.82, 2.24) is 23.9 Å². The Morgan fingerprint density at radius 3 is 2.45 bits per heavy atom. The molecule has 10 nitrogen and oxygen atoms in total. The Kier molecular flexibility index (Phi) is 7.04. The van der Waals surface area contributed by atoms with Crippen molar-refractivity contribution in [2.45, 2.75) is 20.3 Å². The molecule has 0 saturated carbocycles. The number of fused-ring (bicyclic) bond motifs is 1. The highest BCUT2D eigenvalue weighted by Crippen LogP contribution is 2.38. The van der Waals surface area contributed by atoms with Crippen molar-refractivity contribution < 1.29 is 12.8 Å². The van der Waals surface area contributed by atoms with Crippen molar-refractivity contribution in [1.29, 1.82) is 5.26 Å². The maximum Gasteiger partial charge on any atom is 0.213 e. The molecule has 1 aliphatic heterocycles. The van der Waals surface area contributed by atoms with E-state index in [1.54, 1.807) is 23.6 Å². The Morgan fingerprint density at radius 2 is 1.82 bits per heavy atom. The number of piperazine rings is 1. The van der Waals surface area contributed by atoms with E-state index in [2.05, 4.69) is 11.0 Å². The lowest BCUT2D eigenvalue weighted by Gasteiger charge is -2.34. The highest BCUT2D eigenvalue weighted by atomic mass is 32.2. The number of thiazole rings is 1. The molecule has 0 radical (unpaired) electrons. The predicted molar refractivity (Wildman–Crippen MR) is 146 cm³/mol. The summed E-state index contributed by atoms with van der Waals surface area (Å²) in [6.45, 7) is 5.59. The van der Waals surface area contributed by atoms with Crippen molar-refractivity contribution >= 4 is 43.6 Å². The van der Waals surface area contributed by atoms with Crippen molar-refractivity contribution in [3.05, 3.63) is 52.9 Å². The number of sulfonamides is 1. The number of hydrogen-bond acceptors (Lipinski definition) is 9. The highest BCUT2D eigenvalue weighted by Gasteiger charge is 2.27. The average molecular weight is 555 g/mol. The number of anilines is 3. The molecule has 0 atom stereocenters. The normalized spacial score (nSPS) is 14.7. The van der Waals surface area contributed by atoms with Crippen molar-refractivity contribution in [3.63, 3.8) is 0 Å². The predicted octanol–water partition coefficient (Wildman–Crippen LogP) is 3.67. The molecular weight excluding hydrogens is 527 g/mol. The second-order valence-corrected chi connectivity index (χ2v) is 12.1. The number of nitrogens with zero attached hydrogens (tertiary/aromatic N) is 8. The molecule has 0 bridgehead atoms. The second kappa shape index (κ2) is 10.3. The molecular formula is C25H27FN8O2S2. The molecule has 1 fully saturated rings. The van der Waals surface area contributed by atoms with Gasteiger partial charge in [0.25, 0.3) is 0 Å². The number of hydrogen-bond donors (Lipinski definition) is 0. The van der Waals surface area contributed by atoms with Crippen LogP contribution in [0.3, 0.4) is 0 Å². The summed E-state index contributed by atoms with van der Waals surface area (Å²) >= 11 is 1.25. The largest absolute Gasteiger partial charge is 0.354 e. The van der Waals surface area contributed by atoms with E-state index >= 15 is 0 Å². The number of halogens is 1. The standard InChI is InChI=1S/C25H27FN8O2S2/c1-4-19-23(31(3)25-29-22(20(16-27)37-25)17-6-8-18(26)9-7-17)24-28-21(10-11-34(24)30-19)32-12-14-33(15-13-32)38(35,36)5-2/h6-11H,4-5,12-15H2,1-3H3. The summed E-state index contributed by atoms with van der Waals surface area (Å²) in [5.41, 5.74) is 3.42. The average Bonchev–Trinajstić information content (AvgIpc) is 3.54. The van der Waals surface area contributed by atoms with E-state index in [1.807, 2.05) is 31.1 Å². The Hall–Kier alpha value is -3.60. The zero-order valence-corrected chi connectivity index (χ0v) is 22.9. The Balaban J connectivity index is 1.49. The Labute approximate surface area is 224 Å². The van der Waals surface area contributed by atoms with Gasteiger partial charge in [-0.25, -0.2) is 27.3 Å². The summed E-state index contributed by atoms with van der Waals surface area (Å²) in [7, 11) is -1.35. The fourth-order valence-electron chi connectivity index (χ4n) is 4.52. The summed E-state index contributed by atoms with van der Waals surface area (Å²) in [6, 6.07) is 10.0. The zero-order chi connectivity index (χ0) is 27.0. The van der Waals surface area contributed by atoms with Crippen molar-refractivity contribution in [2.24, 2.45) is 0 Å². The maximum absolute atomic E-state index is 13.5. The monoisotopic (exact) mass is 554 g/mol. The van der Waals surface area contributed by atoms with Crippen LogP contribution in [-0.2, 0) is 16.4 Å². The fourth-order valence-corrected chi connectivity index (χ4v) is 6.45. The molecule has 0 spiro atoms. The number of nitriles is 1. The van der Waals surface area contributed by atoms with Crippen LogP contribution in [0.2, 0.25) is 0 Å². The zero-order valence-electron chi connectivity index (χ0n) is 21.3. The third kappa shape index (κ3) is 4.70. The molecule has 13 heteroatoms. The minimum absolute atomic E-state index is 0.0929. The second-order valence-electron chi connectivity index (χ2n) is 8.84. The lowest BCUT2D eigenvalue weighted by molar-refractivity contribution is 0.384. The van der Waals surface area contributed by atoms with Crippen LogP contribution in [0.15, 0.2) is 36.5 Å². The van der Waals surface area contributed by atoms with E-state index in [0.29, 0.717) is 59.5 Å². The first-order valence-corrected chi connectivity index (χ1v) is 14.7. The molecule has 1 saturated heterocycles. The van der Waals surface area contributed by atoms with Crippen LogP contribution in [0.4, 0.5) is 21.0 Å². The highest BCUT2D eigenvalue weighted by molar-refractivity contribution is 7.89. The van der Waals surface area contributed by atoms with Gasteiger partial charge in [0, 0.05) is 45.0 Å². The molecule has 0 amide bonds. The molecule has 198 valence electrons. The fraction of sp³-hybridized carbons (Fsp3) is 0.360. The number of benzene rings is 1. The van der Waals surface area contributed by atoms with E-state index in [0.717, 1.165) is 17.2 Å². The van der Waals surface area contributed by atoms with Crippen LogP contribution in [-0.4, -0.2) is 71.3 Å². The van der Waals surface area contributed by atoms with Crippen LogP contribution in [0.25, 0.3) is 16.9 Å². The molecule has 4 aromatic rings. The number of aryl methyl sites for hydroxylation is 1. The minimum atomic E-state index is -3.22. The molecule has 38 heavy (non-hydrogen) atoms. The van der Waals surface area contributed by atoms with Gasteiger partial charge in [-0.1, -0.05) is 18.3 Å². The first kappa shape index (κ1) is 26.0. The van der Waals surface area contributed by atoms with Gasteiger partial charge >= 0.3 is 0 Å². The molecule has 0 unspecified atom stereocenters. The maximum atomic E-state index is 13.5. The van der Waals surface area contributed by atoms with Crippen molar-refractivity contribution in [2.75, 3.05) is 48.8 Å². The minimum Gasteiger partial charge on any atom is -0.354 e. The Morgan fingerprint density at radius 1 is 1.11 bits per heavy atom. The van der Waals surface area contributed by atoms with Gasteiger partial charge in [0.05, 0.1) is 11.4 Å². The molecule has 0 N–H and O–H groups in total. The SMILES string of the molecule is CCc1nn2ccc(N3CCN(S(=O)(=O)CC)CC3)nc2c1N(C)c1nc(-c2ccc(F)cc2)c(C#N)s1. The number of aromatic nitrogens is 4. The van der Waals surface area contributed by atoms with Gasteiger partial charge < -0.3 is 9.80 Å². The molecule has 3 aromatic heterocycles. The van der Waals surface area contributed by atoms with Gasteiger partial charge in [-0.15, -0.1) is 0 Å². The third-order valence-corrected chi connectivity index (χ3v) is 9.55. The molecule has 1 aromatic carbocycles. The first-order chi connectivity index (χ1) is 18.2. The molecule has 0 aliphatic carbocycles. The number of rotatable bonds is 7. The van der Waals surface area contributed by atoms with E-state index in [4.69, 9.17) is 15.1 Å². The van der Waals surface area contributed by atoms with Crippen LogP contribution < -0.4 is 9.80 Å². The molecule has 4 heterocycles. The van der Waals surface area contributed by atoms with Gasteiger partial charge in [-0.3, -0.25) is 0 Å². The van der Waals surface area contributed by atoms with E-state index in [1.165, 1.54) is 27.8 Å². The summed E-state index contributed by atoms with van der Waals surface area (Å²) in [4.78, 5) is 14.1. The molecule has 1 aliphatic rings. The quantitative estimate of drug-likeness (QED) is 0.340. The van der Waals surface area contributed by atoms with Crippen LogP contribution >= 0.6 is 11.3 Å². The van der Waals surface area contributed by atoms with E-state index in [-0.39, 0.29) is 11.6 Å². The lowest BCUT2D eigenvalue weighted by atomic mass is 10.1. The van der Waals surface area contributed by atoms with Crippen LogP contribution in [0, 0.1) is 17.1 Å². The Bertz CT molecular complexity index is 1620. The molecule has 5 rings (SSSR count). The van der Waals surface area contributed by atoms with Gasteiger partial charge in [0.15, 0.2) is 10.8 Å². The van der Waals surface area contributed by atoms with E-state index in [9.17, 15) is 18.1 Å². The third-order valence-electron chi connectivity index (χ3n) is 6.63. The van der Waals surface area contributed by atoms with Gasteiger partial charge in [-0.2, -0.15) is 14.7 Å². The first-order valence-electron chi connectivity index (χ1n) is 12.3. The van der Waals surface area contributed by atoms with Gasteiger partial charge in [0.1, 0.15) is 34.0 Å². The summed E-state index contributed by atoms with van der Waals surface area (Å²) in [5.74, 6) is 0.483. The lowest BCUT2D eigenvalue weighted by Crippen LogP contribution is -2.49. The smallest absolute Gasteiger partial charge is 0.213 e. The van der Waals surface area contributed by atoms with Crippen molar-refractivity contribution in [3.8, 4) is 17.3 Å². The summed E-state index contributed by atoms with van der Waals surface area (Å²) < 4.78 is 41.2. The van der Waals surface area contributed by atoms with Gasteiger partial charge in [-0.05, 0) is 43.7 Å². The van der Waals surface area contributed by atoms with Gasteiger partial charge in [0.2, 0.25) is 10.0 Å².